The van der Waals surface area contributed by atoms with E-state index in [0.717, 1.165) is 23.1 Å². The first-order chi connectivity index (χ1) is 12.3. The number of carbonyl (C=O) groups is 2. The van der Waals surface area contributed by atoms with Crippen LogP contribution in [-0.2, 0) is 16.1 Å². The summed E-state index contributed by atoms with van der Waals surface area (Å²) in [5.74, 6) is -0.568. The summed E-state index contributed by atoms with van der Waals surface area (Å²) in [5.41, 5.74) is 1.68. The SMILES string of the molecule is CN(C)CCN1C[C@@H](C(=O)N(C)Cc2cc3cc(F)ccc3[nH]2)CC1=O. The molecular formula is C19H25FN4O2. The number of amides is 2. The number of carbonyl (C=O) groups excluding carboxylic acids is 2. The molecule has 1 aliphatic rings. The monoisotopic (exact) mass is 360 g/mol. The number of nitrogens with zero attached hydrogens (tertiary/aromatic N) is 3. The minimum absolute atomic E-state index is 0.0319. The maximum atomic E-state index is 13.3. The van der Waals surface area contributed by atoms with Crippen molar-refractivity contribution in [3.63, 3.8) is 0 Å². The van der Waals surface area contributed by atoms with Crippen LogP contribution in [0.1, 0.15) is 12.1 Å². The molecule has 6 nitrogen and oxygen atoms in total. The lowest BCUT2D eigenvalue weighted by molar-refractivity contribution is -0.135. The summed E-state index contributed by atoms with van der Waals surface area (Å²) in [6, 6.07) is 6.42. The number of aromatic amines is 1. The Morgan fingerprint density at radius 2 is 2.08 bits per heavy atom. The van der Waals surface area contributed by atoms with Crippen molar-refractivity contribution in [1.82, 2.24) is 19.7 Å². The molecule has 26 heavy (non-hydrogen) atoms. The third kappa shape index (κ3) is 4.04. The molecule has 0 bridgehead atoms. The normalized spacial score (nSPS) is 17.5. The van der Waals surface area contributed by atoms with Crippen molar-refractivity contribution in [2.24, 2.45) is 5.92 Å². The maximum absolute atomic E-state index is 13.3. The first-order valence-electron chi connectivity index (χ1n) is 8.78. The van der Waals surface area contributed by atoms with Gasteiger partial charge in [-0.15, -0.1) is 0 Å². The Labute approximate surface area is 152 Å². The van der Waals surface area contributed by atoms with E-state index >= 15 is 0 Å². The molecule has 1 fully saturated rings. The number of hydrogen-bond donors (Lipinski definition) is 1. The van der Waals surface area contributed by atoms with E-state index in [1.54, 1.807) is 22.9 Å². The highest BCUT2D eigenvalue weighted by atomic mass is 19.1. The molecule has 3 rings (SSSR count). The van der Waals surface area contributed by atoms with Gasteiger partial charge < -0.3 is 19.7 Å². The van der Waals surface area contributed by atoms with Crippen LogP contribution >= 0.6 is 0 Å². The van der Waals surface area contributed by atoms with Crippen LogP contribution in [0.25, 0.3) is 10.9 Å². The standard InChI is InChI=1S/C19H25FN4O2/c1-22(2)6-7-24-11-14(10-18(24)25)19(26)23(3)12-16-9-13-8-15(20)4-5-17(13)21-16/h4-5,8-9,14,21H,6-7,10-12H2,1-3H3/t14-/m0/s1. The highest BCUT2D eigenvalue weighted by molar-refractivity contribution is 5.89. The molecule has 0 radical (unpaired) electrons. The predicted octanol–water partition coefficient (Wildman–Crippen LogP) is 1.68. The van der Waals surface area contributed by atoms with E-state index in [1.165, 1.54) is 12.1 Å². The van der Waals surface area contributed by atoms with Crippen molar-refractivity contribution < 1.29 is 14.0 Å². The smallest absolute Gasteiger partial charge is 0.228 e. The summed E-state index contributed by atoms with van der Waals surface area (Å²) in [6.07, 6.45) is 0.272. The largest absolute Gasteiger partial charge is 0.357 e. The Morgan fingerprint density at radius 1 is 1.31 bits per heavy atom. The van der Waals surface area contributed by atoms with Gasteiger partial charge in [0.15, 0.2) is 0 Å². The van der Waals surface area contributed by atoms with Gasteiger partial charge in [0, 0.05) is 49.7 Å². The number of benzene rings is 1. The Hall–Kier alpha value is -2.41. The van der Waals surface area contributed by atoms with Crippen LogP contribution < -0.4 is 0 Å². The van der Waals surface area contributed by atoms with Gasteiger partial charge in [0.05, 0.1) is 12.5 Å². The lowest BCUT2D eigenvalue weighted by atomic mass is 10.1. The summed E-state index contributed by atoms with van der Waals surface area (Å²) >= 11 is 0. The second kappa shape index (κ2) is 7.45. The molecule has 0 aliphatic carbocycles. The first-order valence-corrected chi connectivity index (χ1v) is 8.78. The zero-order valence-corrected chi connectivity index (χ0v) is 15.5. The maximum Gasteiger partial charge on any atom is 0.228 e. The van der Waals surface area contributed by atoms with Crippen molar-refractivity contribution in [1.29, 1.82) is 0 Å². The quantitative estimate of drug-likeness (QED) is 0.853. The Balaban J connectivity index is 1.61. The second-order valence-corrected chi connectivity index (χ2v) is 7.26. The van der Waals surface area contributed by atoms with Gasteiger partial charge in [0.2, 0.25) is 11.8 Å². The van der Waals surface area contributed by atoms with Crippen molar-refractivity contribution in [2.75, 3.05) is 40.8 Å². The first kappa shape index (κ1) is 18.4. The summed E-state index contributed by atoms with van der Waals surface area (Å²) in [4.78, 5) is 33.5. The van der Waals surface area contributed by atoms with E-state index in [9.17, 15) is 14.0 Å². The lowest BCUT2D eigenvalue weighted by Crippen LogP contribution is -2.36. The van der Waals surface area contributed by atoms with Gasteiger partial charge in [0.1, 0.15) is 5.82 Å². The molecule has 1 aliphatic heterocycles. The summed E-state index contributed by atoms with van der Waals surface area (Å²) in [5, 5.41) is 0.784. The average molecular weight is 360 g/mol. The number of fused-ring (bicyclic) bond motifs is 1. The predicted molar refractivity (Wildman–Crippen MR) is 98.0 cm³/mol. The van der Waals surface area contributed by atoms with E-state index < -0.39 is 0 Å². The molecule has 0 spiro atoms. The number of H-pyrrole nitrogens is 1. The number of likely N-dealkylation sites (N-methyl/N-ethyl adjacent to an activating group) is 1. The van der Waals surface area contributed by atoms with Crippen LogP contribution in [0, 0.1) is 11.7 Å². The Morgan fingerprint density at radius 3 is 2.81 bits per heavy atom. The molecular weight excluding hydrogens is 335 g/mol. The fraction of sp³-hybridized carbons (Fsp3) is 0.474. The number of aromatic nitrogens is 1. The van der Waals surface area contributed by atoms with Crippen molar-refractivity contribution in [2.45, 2.75) is 13.0 Å². The average Bonchev–Trinajstić information content (AvgIpc) is 3.14. The summed E-state index contributed by atoms with van der Waals surface area (Å²) in [7, 11) is 5.66. The van der Waals surface area contributed by atoms with Gasteiger partial charge in [-0.25, -0.2) is 4.39 Å². The molecule has 1 aromatic heterocycles. The second-order valence-electron chi connectivity index (χ2n) is 7.26. The topological polar surface area (TPSA) is 59.6 Å². The molecule has 1 aromatic carbocycles. The fourth-order valence-corrected chi connectivity index (χ4v) is 3.37. The lowest BCUT2D eigenvalue weighted by Gasteiger charge is -2.22. The van der Waals surface area contributed by atoms with Crippen LogP contribution in [0.5, 0.6) is 0 Å². The van der Waals surface area contributed by atoms with E-state index in [1.807, 2.05) is 25.1 Å². The zero-order valence-electron chi connectivity index (χ0n) is 15.5. The highest BCUT2D eigenvalue weighted by Gasteiger charge is 2.35. The molecule has 0 saturated carbocycles. The van der Waals surface area contributed by atoms with Crippen LogP contribution in [0.15, 0.2) is 24.3 Å². The highest BCUT2D eigenvalue weighted by Crippen LogP contribution is 2.22. The minimum Gasteiger partial charge on any atom is -0.357 e. The summed E-state index contributed by atoms with van der Waals surface area (Å²) < 4.78 is 13.3. The number of hydrogen-bond acceptors (Lipinski definition) is 3. The van der Waals surface area contributed by atoms with Gasteiger partial charge in [-0.3, -0.25) is 9.59 Å². The van der Waals surface area contributed by atoms with Crippen LogP contribution in [0.2, 0.25) is 0 Å². The molecule has 2 amide bonds. The molecule has 1 atom stereocenters. The van der Waals surface area contributed by atoms with Gasteiger partial charge in [-0.1, -0.05) is 0 Å². The van der Waals surface area contributed by atoms with Gasteiger partial charge in [-0.2, -0.15) is 0 Å². The zero-order chi connectivity index (χ0) is 18.8. The van der Waals surface area contributed by atoms with Crippen molar-refractivity contribution >= 4 is 22.7 Å². The number of rotatable bonds is 6. The van der Waals surface area contributed by atoms with Crippen LogP contribution in [-0.4, -0.2) is 72.3 Å². The Kier molecular flexibility index (Phi) is 5.27. The minimum atomic E-state index is -0.295. The Bertz CT molecular complexity index is 817. The third-order valence-corrected chi connectivity index (χ3v) is 4.80. The number of halogens is 1. The fourth-order valence-electron chi connectivity index (χ4n) is 3.37. The van der Waals surface area contributed by atoms with E-state index in [0.29, 0.717) is 19.6 Å². The van der Waals surface area contributed by atoms with Gasteiger partial charge in [-0.05, 0) is 38.4 Å². The molecule has 2 aromatic rings. The van der Waals surface area contributed by atoms with Gasteiger partial charge >= 0.3 is 0 Å². The van der Waals surface area contributed by atoms with E-state index in [2.05, 4.69) is 4.98 Å². The van der Waals surface area contributed by atoms with Crippen LogP contribution in [0.3, 0.4) is 0 Å². The van der Waals surface area contributed by atoms with Gasteiger partial charge in [0.25, 0.3) is 0 Å². The van der Waals surface area contributed by atoms with Crippen molar-refractivity contribution in [3.05, 3.63) is 35.8 Å². The molecule has 0 unspecified atom stereocenters. The third-order valence-electron chi connectivity index (χ3n) is 4.80. The number of likely N-dealkylation sites (tertiary alicyclic amines) is 1. The molecule has 7 heteroatoms. The molecule has 2 heterocycles. The number of nitrogens with one attached hydrogen (secondary N) is 1. The summed E-state index contributed by atoms with van der Waals surface area (Å²) in [6.45, 7) is 2.31. The molecule has 1 N–H and O–H groups in total. The van der Waals surface area contributed by atoms with Crippen LogP contribution in [0.4, 0.5) is 4.39 Å². The van der Waals surface area contributed by atoms with E-state index in [-0.39, 0.29) is 30.0 Å². The van der Waals surface area contributed by atoms with E-state index in [4.69, 9.17) is 0 Å². The molecule has 1 saturated heterocycles. The molecule has 140 valence electrons. The van der Waals surface area contributed by atoms with Crippen molar-refractivity contribution in [3.8, 4) is 0 Å².